The number of carboxylic acids is 1. The fourth-order valence-electron chi connectivity index (χ4n) is 1.91. The van der Waals surface area contributed by atoms with Crippen molar-refractivity contribution in [1.82, 2.24) is 10.2 Å². The average molecular weight is 302 g/mol. The van der Waals surface area contributed by atoms with Crippen LogP contribution in [0.2, 0.25) is 0 Å². The summed E-state index contributed by atoms with van der Waals surface area (Å²) >= 11 is 0. The maximum Gasteiger partial charge on any atom is 0.317 e. The summed E-state index contributed by atoms with van der Waals surface area (Å²) < 4.78 is 5.25. The van der Waals surface area contributed by atoms with Gasteiger partial charge in [0.2, 0.25) is 0 Å². The first-order valence-corrected chi connectivity index (χ1v) is 7.64. The van der Waals surface area contributed by atoms with Crippen molar-refractivity contribution < 1.29 is 19.4 Å². The first-order valence-electron chi connectivity index (χ1n) is 7.64. The molecule has 124 valence electrons. The van der Waals surface area contributed by atoms with Crippen molar-refractivity contribution in [3.05, 3.63) is 0 Å². The Labute approximate surface area is 127 Å². The fourth-order valence-corrected chi connectivity index (χ4v) is 1.91. The lowest BCUT2D eigenvalue weighted by Gasteiger charge is -2.26. The van der Waals surface area contributed by atoms with Gasteiger partial charge in [-0.2, -0.15) is 0 Å². The van der Waals surface area contributed by atoms with Crippen LogP contribution in [0.25, 0.3) is 0 Å². The van der Waals surface area contributed by atoms with E-state index >= 15 is 0 Å². The number of amides is 2. The number of carboxylic acid groups (broad SMARTS) is 1. The van der Waals surface area contributed by atoms with Gasteiger partial charge in [0, 0.05) is 32.7 Å². The van der Waals surface area contributed by atoms with Crippen LogP contribution in [0.1, 0.15) is 47.0 Å². The monoisotopic (exact) mass is 302 g/mol. The molecule has 0 atom stereocenters. The van der Waals surface area contributed by atoms with Gasteiger partial charge in [0.25, 0.3) is 0 Å². The smallest absolute Gasteiger partial charge is 0.317 e. The molecular weight excluding hydrogens is 272 g/mol. The van der Waals surface area contributed by atoms with Gasteiger partial charge in [0.1, 0.15) is 0 Å². The second-order valence-electron chi connectivity index (χ2n) is 5.82. The van der Waals surface area contributed by atoms with Gasteiger partial charge < -0.3 is 20.1 Å². The topological polar surface area (TPSA) is 78.9 Å². The highest BCUT2D eigenvalue weighted by Gasteiger charge is 2.20. The van der Waals surface area contributed by atoms with Gasteiger partial charge in [0.15, 0.2) is 0 Å². The van der Waals surface area contributed by atoms with Crippen LogP contribution < -0.4 is 5.32 Å². The summed E-state index contributed by atoms with van der Waals surface area (Å²) in [6.45, 7) is 10.9. The van der Waals surface area contributed by atoms with Crippen molar-refractivity contribution in [1.29, 1.82) is 0 Å². The highest BCUT2D eigenvalue weighted by molar-refractivity contribution is 5.74. The lowest BCUT2D eigenvalue weighted by molar-refractivity contribution is -0.137. The van der Waals surface area contributed by atoms with E-state index in [0.717, 1.165) is 6.42 Å². The third-order valence-electron chi connectivity index (χ3n) is 3.47. The van der Waals surface area contributed by atoms with E-state index in [9.17, 15) is 9.59 Å². The quantitative estimate of drug-likeness (QED) is 0.574. The molecule has 0 aromatic heterocycles. The van der Waals surface area contributed by atoms with E-state index < -0.39 is 5.97 Å². The number of carbonyl (C=O) groups excluding carboxylic acids is 1. The van der Waals surface area contributed by atoms with Crippen molar-refractivity contribution >= 4 is 12.0 Å². The van der Waals surface area contributed by atoms with Crippen molar-refractivity contribution in [2.75, 3.05) is 32.8 Å². The minimum Gasteiger partial charge on any atom is -0.481 e. The van der Waals surface area contributed by atoms with E-state index in [-0.39, 0.29) is 17.9 Å². The highest BCUT2D eigenvalue weighted by Crippen LogP contribution is 2.25. The molecule has 0 aliphatic carbocycles. The number of likely N-dealkylation sites (N-methyl/N-ethyl adjacent to an activating group) is 1. The molecule has 0 radical (unpaired) electrons. The van der Waals surface area contributed by atoms with Crippen LogP contribution in [-0.2, 0) is 9.53 Å². The third-order valence-corrected chi connectivity index (χ3v) is 3.47. The molecule has 0 aromatic rings. The molecule has 0 saturated heterocycles. The van der Waals surface area contributed by atoms with Gasteiger partial charge in [0.05, 0.1) is 6.61 Å². The van der Waals surface area contributed by atoms with E-state index in [1.165, 1.54) is 0 Å². The number of nitrogens with one attached hydrogen (secondary N) is 1. The lowest BCUT2D eigenvalue weighted by atomic mass is 9.84. The summed E-state index contributed by atoms with van der Waals surface area (Å²) in [4.78, 5) is 24.3. The number of carbonyl (C=O) groups is 2. The predicted octanol–water partition coefficient (Wildman–Crippen LogP) is 2.34. The van der Waals surface area contributed by atoms with Gasteiger partial charge in [-0.15, -0.1) is 0 Å². The first kappa shape index (κ1) is 19.7. The van der Waals surface area contributed by atoms with Crippen LogP contribution in [0.5, 0.6) is 0 Å². The molecule has 0 bridgehead atoms. The molecule has 0 fully saturated rings. The normalized spacial score (nSPS) is 11.2. The molecule has 2 N–H and O–H groups in total. The van der Waals surface area contributed by atoms with Crippen LogP contribution in [0, 0.1) is 5.41 Å². The van der Waals surface area contributed by atoms with Crippen molar-refractivity contribution in [2.24, 2.45) is 5.41 Å². The molecule has 0 unspecified atom stereocenters. The lowest BCUT2D eigenvalue weighted by Crippen LogP contribution is -2.42. The molecule has 0 aromatic carbocycles. The fraction of sp³-hybridized carbons (Fsp3) is 0.867. The van der Waals surface area contributed by atoms with Crippen LogP contribution in [0.4, 0.5) is 4.79 Å². The van der Waals surface area contributed by atoms with E-state index in [1.54, 1.807) is 4.90 Å². The zero-order valence-corrected chi connectivity index (χ0v) is 13.8. The molecule has 2 amide bonds. The third kappa shape index (κ3) is 10.1. The van der Waals surface area contributed by atoms with Gasteiger partial charge in [-0.25, -0.2) is 4.79 Å². The summed E-state index contributed by atoms with van der Waals surface area (Å²) in [5.74, 6) is -0.778. The second-order valence-corrected chi connectivity index (χ2v) is 5.82. The number of urea groups is 1. The number of nitrogens with zero attached hydrogens (tertiary/aromatic N) is 1. The first-order chi connectivity index (χ1) is 9.82. The van der Waals surface area contributed by atoms with Gasteiger partial charge >= 0.3 is 12.0 Å². The Kier molecular flexibility index (Phi) is 9.78. The minimum atomic E-state index is -0.778. The van der Waals surface area contributed by atoms with Crippen molar-refractivity contribution in [3.8, 4) is 0 Å². The van der Waals surface area contributed by atoms with Crippen LogP contribution in [0.3, 0.4) is 0 Å². The maximum absolute atomic E-state index is 12.0. The van der Waals surface area contributed by atoms with E-state index in [0.29, 0.717) is 39.3 Å². The molecule has 0 heterocycles. The molecule has 0 aliphatic rings. The number of hydrogen-bond acceptors (Lipinski definition) is 3. The second kappa shape index (κ2) is 10.4. The number of hydrogen-bond donors (Lipinski definition) is 2. The van der Waals surface area contributed by atoms with Gasteiger partial charge in [-0.05, 0) is 32.1 Å². The van der Waals surface area contributed by atoms with Gasteiger partial charge in [-0.3, -0.25) is 4.79 Å². The van der Waals surface area contributed by atoms with Crippen LogP contribution in [0.15, 0.2) is 0 Å². The molecule has 6 heteroatoms. The van der Waals surface area contributed by atoms with E-state index in [1.807, 2.05) is 27.7 Å². The van der Waals surface area contributed by atoms with Crippen molar-refractivity contribution in [3.63, 3.8) is 0 Å². The molecule has 0 aliphatic heterocycles. The van der Waals surface area contributed by atoms with E-state index in [4.69, 9.17) is 9.84 Å². The molecule has 6 nitrogen and oxygen atoms in total. The van der Waals surface area contributed by atoms with Crippen molar-refractivity contribution in [2.45, 2.75) is 47.0 Å². The summed E-state index contributed by atoms with van der Waals surface area (Å²) in [5.41, 5.74) is -0.0892. The zero-order chi connectivity index (χ0) is 16.3. The molecular formula is C15H30N2O4. The average Bonchev–Trinajstić information content (AvgIpc) is 2.41. The highest BCUT2D eigenvalue weighted by atomic mass is 16.5. The van der Waals surface area contributed by atoms with Crippen LogP contribution in [-0.4, -0.2) is 54.9 Å². The Hall–Kier alpha value is -1.30. The Bertz CT molecular complexity index is 319. The molecule has 0 saturated carbocycles. The summed E-state index contributed by atoms with van der Waals surface area (Å²) in [7, 11) is 0. The largest absolute Gasteiger partial charge is 0.481 e. The van der Waals surface area contributed by atoms with Crippen LogP contribution >= 0.6 is 0 Å². The zero-order valence-electron chi connectivity index (χ0n) is 13.8. The van der Waals surface area contributed by atoms with E-state index in [2.05, 4.69) is 5.32 Å². The predicted molar refractivity (Wildman–Crippen MR) is 82.4 cm³/mol. The molecule has 0 rings (SSSR count). The molecule has 21 heavy (non-hydrogen) atoms. The SMILES string of the molecule is CCOCCN(CC)C(=O)NCCC(C)(C)CCC(=O)O. The number of rotatable bonds is 11. The summed E-state index contributed by atoms with van der Waals surface area (Å²) in [6, 6.07) is -0.0914. The number of ether oxygens (including phenoxy) is 1. The summed E-state index contributed by atoms with van der Waals surface area (Å²) in [6.07, 6.45) is 1.53. The Morgan fingerprint density at radius 2 is 1.90 bits per heavy atom. The Morgan fingerprint density at radius 3 is 2.43 bits per heavy atom. The number of aliphatic carboxylic acids is 1. The Balaban J connectivity index is 4.01. The van der Waals surface area contributed by atoms with Gasteiger partial charge in [-0.1, -0.05) is 13.8 Å². The maximum atomic E-state index is 12.0. The summed E-state index contributed by atoms with van der Waals surface area (Å²) in [5, 5.41) is 11.6. The minimum absolute atomic E-state index is 0.0892. The molecule has 0 spiro atoms. The standard InChI is InChI=1S/C15H30N2O4/c1-5-17(11-12-21-6-2)14(20)16-10-9-15(3,4)8-7-13(18)19/h5-12H2,1-4H3,(H,16,20)(H,18,19). The Morgan fingerprint density at radius 1 is 1.24 bits per heavy atom.